The van der Waals surface area contributed by atoms with Gasteiger partial charge in [0.2, 0.25) is 0 Å². The molecule has 0 aliphatic carbocycles. The van der Waals surface area contributed by atoms with Crippen molar-refractivity contribution in [2.45, 2.75) is 19.9 Å². The quantitative estimate of drug-likeness (QED) is 0.943. The molecule has 1 aliphatic heterocycles. The fraction of sp³-hybridized carbons (Fsp3) is 0.412. The number of ether oxygens (including phenoxy) is 2. The molecule has 0 radical (unpaired) electrons. The first-order chi connectivity index (χ1) is 11.1. The molecule has 2 aromatic rings. The maximum atomic E-state index is 13.0. The molecule has 6 nitrogen and oxygen atoms in total. The lowest BCUT2D eigenvalue weighted by atomic mass is 10.0. The Labute approximate surface area is 135 Å². The summed E-state index contributed by atoms with van der Waals surface area (Å²) >= 11 is 0. The molecule has 0 spiro atoms. The van der Waals surface area contributed by atoms with Gasteiger partial charge in [0.1, 0.15) is 5.75 Å². The lowest BCUT2D eigenvalue weighted by Gasteiger charge is -2.36. The number of amides is 1. The molecule has 1 N–H and O–H groups in total. The van der Waals surface area contributed by atoms with Gasteiger partial charge in [0.25, 0.3) is 5.91 Å². The molecule has 122 valence electrons. The van der Waals surface area contributed by atoms with E-state index in [2.05, 4.69) is 10.2 Å². The van der Waals surface area contributed by atoms with E-state index in [0.717, 1.165) is 17.0 Å². The van der Waals surface area contributed by atoms with Crippen LogP contribution in [0, 0.1) is 13.8 Å². The van der Waals surface area contributed by atoms with Crippen molar-refractivity contribution in [1.82, 2.24) is 15.1 Å². The van der Waals surface area contributed by atoms with Crippen LogP contribution >= 0.6 is 0 Å². The van der Waals surface area contributed by atoms with E-state index in [-0.39, 0.29) is 11.9 Å². The Morgan fingerprint density at radius 2 is 2.26 bits per heavy atom. The van der Waals surface area contributed by atoms with Gasteiger partial charge < -0.3 is 14.4 Å². The van der Waals surface area contributed by atoms with Crippen molar-refractivity contribution < 1.29 is 14.3 Å². The summed E-state index contributed by atoms with van der Waals surface area (Å²) in [6, 6.07) is 7.12. The zero-order chi connectivity index (χ0) is 16.4. The highest BCUT2D eigenvalue weighted by molar-refractivity contribution is 5.95. The van der Waals surface area contributed by atoms with Crippen LogP contribution in [0.5, 0.6) is 5.75 Å². The van der Waals surface area contributed by atoms with Crippen LogP contribution in [0.4, 0.5) is 0 Å². The molecule has 0 unspecified atom stereocenters. The molecule has 3 rings (SSSR count). The van der Waals surface area contributed by atoms with Gasteiger partial charge in [-0.25, -0.2) is 0 Å². The number of nitrogens with one attached hydrogen (secondary N) is 1. The molecule has 0 bridgehead atoms. The molecule has 1 fully saturated rings. The SMILES string of the molecule is COc1cccc(C(=O)N2CCOC[C@H]2c2c(C)n[nH]c2C)c1. The van der Waals surface area contributed by atoms with Gasteiger partial charge in [0, 0.05) is 23.4 Å². The smallest absolute Gasteiger partial charge is 0.254 e. The van der Waals surface area contributed by atoms with E-state index in [4.69, 9.17) is 9.47 Å². The summed E-state index contributed by atoms with van der Waals surface area (Å²) in [5, 5.41) is 7.23. The summed E-state index contributed by atoms with van der Waals surface area (Å²) in [6.07, 6.45) is 0. The molecule has 1 saturated heterocycles. The van der Waals surface area contributed by atoms with Crippen molar-refractivity contribution in [2.24, 2.45) is 0 Å². The number of aromatic amines is 1. The van der Waals surface area contributed by atoms with Gasteiger partial charge in [-0.05, 0) is 32.0 Å². The minimum Gasteiger partial charge on any atom is -0.497 e. The van der Waals surface area contributed by atoms with Crippen molar-refractivity contribution in [3.05, 3.63) is 46.8 Å². The fourth-order valence-corrected chi connectivity index (χ4v) is 3.06. The molecule has 1 atom stereocenters. The first-order valence-electron chi connectivity index (χ1n) is 7.66. The standard InChI is InChI=1S/C17H21N3O3/c1-11-16(12(2)19-18-11)15-10-23-8-7-20(15)17(21)13-5-4-6-14(9-13)22-3/h4-6,9,15H,7-8,10H2,1-3H3,(H,18,19)/t15-/m0/s1. The van der Waals surface area contributed by atoms with Crippen LogP contribution in [0.25, 0.3) is 0 Å². The zero-order valence-corrected chi connectivity index (χ0v) is 13.6. The van der Waals surface area contributed by atoms with Gasteiger partial charge in [-0.15, -0.1) is 0 Å². The largest absolute Gasteiger partial charge is 0.497 e. The van der Waals surface area contributed by atoms with E-state index >= 15 is 0 Å². The van der Waals surface area contributed by atoms with Crippen molar-refractivity contribution in [3.63, 3.8) is 0 Å². The monoisotopic (exact) mass is 315 g/mol. The Balaban J connectivity index is 1.93. The van der Waals surface area contributed by atoms with Crippen LogP contribution in [0.3, 0.4) is 0 Å². The summed E-state index contributed by atoms with van der Waals surface area (Å²) < 4.78 is 10.8. The van der Waals surface area contributed by atoms with Crippen LogP contribution in [0.2, 0.25) is 0 Å². The second-order valence-electron chi connectivity index (χ2n) is 5.67. The minimum atomic E-state index is -0.124. The van der Waals surface area contributed by atoms with Gasteiger partial charge in [0.05, 0.1) is 32.1 Å². The average molecular weight is 315 g/mol. The average Bonchev–Trinajstić information content (AvgIpc) is 2.93. The first-order valence-corrected chi connectivity index (χ1v) is 7.66. The van der Waals surface area contributed by atoms with Crippen LogP contribution in [0.1, 0.15) is 33.4 Å². The molecular weight excluding hydrogens is 294 g/mol. The summed E-state index contributed by atoms with van der Waals surface area (Å²) in [6.45, 7) is 5.50. The molecule has 0 saturated carbocycles. The Bertz CT molecular complexity index is 691. The molecule has 1 aliphatic rings. The van der Waals surface area contributed by atoms with E-state index in [1.165, 1.54) is 0 Å². The highest BCUT2D eigenvalue weighted by Crippen LogP contribution is 2.30. The predicted octanol–water partition coefficient (Wildman–Crippen LogP) is 2.25. The van der Waals surface area contributed by atoms with Gasteiger partial charge in [-0.2, -0.15) is 5.10 Å². The highest BCUT2D eigenvalue weighted by atomic mass is 16.5. The van der Waals surface area contributed by atoms with Gasteiger partial charge >= 0.3 is 0 Å². The van der Waals surface area contributed by atoms with Gasteiger partial charge in [-0.3, -0.25) is 9.89 Å². The number of methoxy groups -OCH3 is 1. The van der Waals surface area contributed by atoms with Crippen molar-refractivity contribution in [2.75, 3.05) is 26.9 Å². The Kier molecular flexibility index (Phi) is 4.34. The summed E-state index contributed by atoms with van der Waals surface area (Å²) in [5.41, 5.74) is 3.54. The summed E-state index contributed by atoms with van der Waals surface area (Å²) in [4.78, 5) is 14.8. The van der Waals surface area contributed by atoms with E-state index in [1.807, 2.05) is 36.9 Å². The number of H-pyrrole nitrogens is 1. The Morgan fingerprint density at radius 3 is 2.96 bits per heavy atom. The number of morpholine rings is 1. The lowest BCUT2D eigenvalue weighted by Crippen LogP contribution is -2.43. The van der Waals surface area contributed by atoms with Crippen LogP contribution in [-0.4, -0.2) is 47.9 Å². The molecular formula is C17H21N3O3. The van der Waals surface area contributed by atoms with E-state index in [9.17, 15) is 4.79 Å². The number of nitrogens with zero attached hydrogens (tertiary/aromatic N) is 2. The van der Waals surface area contributed by atoms with Crippen molar-refractivity contribution in [3.8, 4) is 5.75 Å². The Morgan fingerprint density at radius 1 is 1.43 bits per heavy atom. The number of hydrogen-bond donors (Lipinski definition) is 1. The number of aryl methyl sites for hydroxylation is 2. The molecule has 1 aromatic heterocycles. The Hall–Kier alpha value is -2.34. The third-order valence-electron chi connectivity index (χ3n) is 4.22. The molecule has 23 heavy (non-hydrogen) atoms. The van der Waals surface area contributed by atoms with Crippen molar-refractivity contribution in [1.29, 1.82) is 0 Å². The van der Waals surface area contributed by atoms with Crippen molar-refractivity contribution >= 4 is 5.91 Å². The highest BCUT2D eigenvalue weighted by Gasteiger charge is 2.32. The summed E-state index contributed by atoms with van der Waals surface area (Å²) in [7, 11) is 1.60. The fourth-order valence-electron chi connectivity index (χ4n) is 3.06. The second kappa shape index (κ2) is 6.42. The van der Waals surface area contributed by atoms with E-state index < -0.39 is 0 Å². The zero-order valence-electron chi connectivity index (χ0n) is 13.6. The number of aromatic nitrogens is 2. The number of carbonyl (C=O) groups excluding carboxylic acids is 1. The lowest BCUT2D eigenvalue weighted by molar-refractivity contribution is -0.00302. The molecule has 2 heterocycles. The minimum absolute atomic E-state index is 0.0165. The van der Waals surface area contributed by atoms with E-state index in [1.54, 1.807) is 13.2 Å². The maximum Gasteiger partial charge on any atom is 0.254 e. The van der Waals surface area contributed by atoms with Crippen LogP contribution in [0.15, 0.2) is 24.3 Å². The third-order valence-corrected chi connectivity index (χ3v) is 4.22. The second-order valence-corrected chi connectivity index (χ2v) is 5.67. The maximum absolute atomic E-state index is 13.0. The van der Waals surface area contributed by atoms with Crippen LogP contribution in [-0.2, 0) is 4.74 Å². The normalized spacial score (nSPS) is 18.0. The predicted molar refractivity (Wildman–Crippen MR) is 85.7 cm³/mol. The number of hydrogen-bond acceptors (Lipinski definition) is 4. The molecule has 1 aromatic carbocycles. The van der Waals surface area contributed by atoms with Gasteiger partial charge in [-0.1, -0.05) is 6.07 Å². The van der Waals surface area contributed by atoms with Crippen LogP contribution < -0.4 is 4.74 Å². The first kappa shape index (κ1) is 15.6. The van der Waals surface area contributed by atoms with E-state index in [0.29, 0.717) is 31.1 Å². The topological polar surface area (TPSA) is 67.4 Å². The molecule has 6 heteroatoms. The number of benzene rings is 1. The van der Waals surface area contributed by atoms with Gasteiger partial charge in [0.15, 0.2) is 0 Å². The number of carbonyl (C=O) groups is 1. The third kappa shape index (κ3) is 2.94. The number of rotatable bonds is 3. The molecule has 1 amide bonds. The summed E-state index contributed by atoms with van der Waals surface area (Å²) in [5.74, 6) is 0.661.